The number of fused-ring (bicyclic) bond motifs is 1. The van der Waals surface area contributed by atoms with E-state index in [4.69, 9.17) is 0 Å². The summed E-state index contributed by atoms with van der Waals surface area (Å²) < 4.78 is 1.73. The molecule has 1 amide bonds. The maximum Gasteiger partial charge on any atom is 0.256 e. The lowest BCUT2D eigenvalue weighted by Crippen LogP contribution is -2.14. The molecular weight excluding hydrogens is 342 g/mol. The van der Waals surface area contributed by atoms with Crippen molar-refractivity contribution in [3.63, 3.8) is 0 Å². The number of carbonyl (C=O) groups excluding carboxylic acids is 2. The third-order valence-corrected chi connectivity index (χ3v) is 4.22. The van der Waals surface area contributed by atoms with Gasteiger partial charge in [0.15, 0.2) is 0 Å². The van der Waals surface area contributed by atoms with Gasteiger partial charge in [0.2, 0.25) is 0 Å². The van der Waals surface area contributed by atoms with E-state index in [-0.39, 0.29) is 11.6 Å². The van der Waals surface area contributed by atoms with Crippen LogP contribution >= 0.6 is 0 Å². The van der Waals surface area contributed by atoms with Crippen LogP contribution in [0.3, 0.4) is 0 Å². The smallest absolute Gasteiger partial charge is 0.256 e. The van der Waals surface area contributed by atoms with Crippen LogP contribution in [0.4, 0.5) is 5.69 Å². The first-order chi connectivity index (χ1) is 13.3. The largest absolute Gasteiger partial charge is 0.320 e. The zero-order valence-electron chi connectivity index (χ0n) is 14.2. The number of rotatable bonds is 5. The number of hydrogen-bond donors (Lipinski definition) is 1. The Labute approximate surface area is 154 Å². The van der Waals surface area contributed by atoms with Gasteiger partial charge in [-0.05, 0) is 34.5 Å². The Bertz CT molecular complexity index is 1120. The Hall–Kier alpha value is -3.87. The summed E-state index contributed by atoms with van der Waals surface area (Å²) in [6.07, 6.45) is 6.62. The zero-order chi connectivity index (χ0) is 18.6. The normalized spacial score (nSPS) is 10.7. The summed E-state index contributed by atoms with van der Waals surface area (Å²) in [6.45, 7) is 0.551. The van der Waals surface area contributed by atoms with Crippen LogP contribution in [0.15, 0.2) is 67.1 Å². The van der Waals surface area contributed by atoms with Crippen LogP contribution in [-0.4, -0.2) is 32.2 Å². The van der Waals surface area contributed by atoms with Gasteiger partial charge in [0.25, 0.3) is 12.2 Å². The second-order valence-corrected chi connectivity index (χ2v) is 5.87. The molecule has 0 saturated carbocycles. The minimum absolute atomic E-state index is 0.0676. The number of aromatic nitrogens is 4. The van der Waals surface area contributed by atoms with Crippen molar-refractivity contribution < 1.29 is 9.59 Å². The van der Waals surface area contributed by atoms with Gasteiger partial charge in [0, 0.05) is 18.0 Å². The molecule has 2 aromatic carbocycles. The number of amides is 1. The molecule has 1 radical (unpaired) electrons. The molecule has 0 bridgehead atoms. The van der Waals surface area contributed by atoms with Crippen LogP contribution in [0, 0.1) is 0 Å². The van der Waals surface area contributed by atoms with Crippen LogP contribution in [0.5, 0.6) is 0 Å². The summed E-state index contributed by atoms with van der Waals surface area (Å²) in [5.41, 5.74) is 1.93. The molecule has 0 spiro atoms. The van der Waals surface area contributed by atoms with Gasteiger partial charge in [-0.3, -0.25) is 14.6 Å². The molecule has 1 N–H and O–H groups in total. The van der Waals surface area contributed by atoms with Crippen LogP contribution in [0.25, 0.3) is 10.8 Å². The first-order valence-corrected chi connectivity index (χ1v) is 8.25. The van der Waals surface area contributed by atoms with E-state index in [1.54, 1.807) is 41.6 Å². The molecule has 7 heteroatoms. The first kappa shape index (κ1) is 16.6. The lowest BCUT2D eigenvalue weighted by Gasteiger charge is -2.12. The number of benzene rings is 2. The van der Waals surface area contributed by atoms with E-state index in [9.17, 15) is 9.59 Å². The lowest BCUT2D eigenvalue weighted by atomic mass is 9.99. The van der Waals surface area contributed by atoms with E-state index in [0.717, 1.165) is 16.3 Å². The molecule has 0 aliphatic heterocycles. The number of nitrogens with zero attached hydrogens (tertiary/aromatic N) is 4. The van der Waals surface area contributed by atoms with Crippen LogP contribution < -0.4 is 5.32 Å². The summed E-state index contributed by atoms with van der Waals surface area (Å²) in [7, 11) is 0. The average Bonchev–Trinajstić information content (AvgIpc) is 3.22. The third-order valence-electron chi connectivity index (χ3n) is 4.22. The van der Waals surface area contributed by atoms with Crippen LogP contribution in [-0.2, 0) is 11.3 Å². The van der Waals surface area contributed by atoms with Crippen molar-refractivity contribution in [2.24, 2.45) is 0 Å². The maximum absolute atomic E-state index is 12.8. The Morgan fingerprint density at radius 1 is 1.04 bits per heavy atom. The van der Waals surface area contributed by atoms with E-state index in [0.29, 0.717) is 17.8 Å². The van der Waals surface area contributed by atoms with Gasteiger partial charge in [-0.25, -0.2) is 4.68 Å². The topological polar surface area (TPSA) is 89.8 Å². The molecule has 4 rings (SSSR count). The van der Waals surface area contributed by atoms with Gasteiger partial charge in [-0.2, -0.15) is 0 Å². The van der Waals surface area contributed by atoms with Crippen molar-refractivity contribution in [1.29, 1.82) is 0 Å². The molecule has 0 atom stereocenters. The molecule has 0 aliphatic rings. The predicted molar refractivity (Wildman–Crippen MR) is 100 cm³/mol. The van der Waals surface area contributed by atoms with Crippen LogP contribution in [0.2, 0.25) is 0 Å². The summed E-state index contributed by atoms with van der Waals surface area (Å²) in [6, 6.07) is 14.6. The fourth-order valence-electron chi connectivity index (χ4n) is 2.97. The van der Waals surface area contributed by atoms with E-state index in [1.165, 1.54) is 6.20 Å². The first-order valence-electron chi connectivity index (χ1n) is 8.25. The molecule has 0 aliphatic carbocycles. The van der Waals surface area contributed by atoms with E-state index in [1.807, 2.05) is 30.3 Å². The number of anilines is 1. The van der Waals surface area contributed by atoms with E-state index < -0.39 is 0 Å². The Morgan fingerprint density at radius 2 is 1.89 bits per heavy atom. The highest BCUT2D eigenvalue weighted by molar-refractivity contribution is 6.14. The molecule has 27 heavy (non-hydrogen) atoms. The molecule has 0 fully saturated rings. The van der Waals surface area contributed by atoms with Crippen molar-refractivity contribution in [1.82, 2.24) is 20.0 Å². The zero-order valence-corrected chi connectivity index (χ0v) is 14.2. The molecule has 2 heterocycles. The molecule has 7 nitrogen and oxygen atoms in total. The number of hydrogen-bond acceptors (Lipinski definition) is 5. The fraction of sp³-hybridized carbons (Fsp3) is 0.0500. The highest BCUT2D eigenvalue weighted by atomic mass is 16.1. The van der Waals surface area contributed by atoms with Crippen molar-refractivity contribution in [3.8, 4) is 0 Å². The van der Waals surface area contributed by atoms with Gasteiger partial charge in [0.05, 0.1) is 18.4 Å². The van der Waals surface area contributed by atoms with Crippen molar-refractivity contribution in [2.45, 2.75) is 6.54 Å². The minimum atomic E-state index is -0.317. The summed E-state index contributed by atoms with van der Waals surface area (Å²) >= 11 is 0. The third kappa shape index (κ3) is 3.30. The molecule has 131 valence electrons. The van der Waals surface area contributed by atoms with Gasteiger partial charge in [0.1, 0.15) is 5.69 Å². The van der Waals surface area contributed by atoms with Gasteiger partial charge >= 0.3 is 0 Å². The van der Waals surface area contributed by atoms with Crippen molar-refractivity contribution >= 4 is 28.7 Å². The standard InChI is InChI=1S/C20H14N5O2/c26-13-19-18(6-3-9-21-19)23-20(27)17-8-7-14(12-25-11-10-22-24-25)15-4-1-2-5-16(15)17/h1-11H,12H2,(H,23,27). The SMILES string of the molecule is O=[C]c1ncccc1NC(=O)c1ccc(Cn2ccnn2)c2ccccc12. The number of nitrogens with one attached hydrogen (secondary N) is 1. The summed E-state index contributed by atoms with van der Waals surface area (Å²) in [5.74, 6) is -0.317. The second kappa shape index (κ2) is 7.17. The van der Waals surface area contributed by atoms with E-state index in [2.05, 4.69) is 20.6 Å². The van der Waals surface area contributed by atoms with Crippen molar-refractivity contribution in [2.75, 3.05) is 5.32 Å². The predicted octanol–water partition coefficient (Wildman–Crippen LogP) is 2.58. The fourth-order valence-corrected chi connectivity index (χ4v) is 2.97. The van der Waals surface area contributed by atoms with Gasteiger partial charge in [-0.15, -0.1) is 5.10 Å². The quantitative estimate of drug-likeness (QED) is 0.594. The number of carbonyl (C=O) groups is 1. The monoisotopic (exact) mass is 356 g/mol. The molecule has 0 saturated heterocycles. The van der Waals surface area contributed by atoms with Gasteiger partial charge < -0.3 is 5.32 Å². The van der Waals surface area contributed by atoms with Crippen LogP contribution in [0.1, 0.15) is 21.6 Å². The van der Waals surface area contributed by atoms with E-state index >= 15 is 0 Å². The Balaban J connectivity index is 1.72. The van der Waals surface area contributed by atoms with Crippen molar-refractivity contribution in [3.05, 3.63) is 83.9 Å². The highest BCUT2D eigenvalue weighted by Crippen LogP contribution is 2.24. The minimum Gasteiger partial charge on any atom is -0.320 e. The molecule has 0 unspecified atom stereocenters. The summed E-state index contributed by atoms with van der Waals surface area (Å²) in [5, 5.41) is 12.3. The highest BCUT2D eigenvalue weighted by Gasteiger charge is 2.14. The lowest BCUT2D eigenvalue weighted by molar-refractivity contribution is 0.102. The average molecular weight is 356 g/mol. The van der Waals surface area contributed by atoms with Gasteiger partial charge in [-0.1, -0.05) is 35.5 Å². The summed E-state index contributed by atoms with van der Waals surface area (Å²) in [4.78, 5) is 27.7. The Kier molecular flexibility index (Phi) is 4.40. The number of pyridine rings is 1. The molecule has 2 aromatic heterocycles. The Morgan fingerprint density at radius 3 is 2.67 bits per heavy atom. The second-order valence-electron chi connectivity index (χ2n) is 5.87. The maximum atomic E-state index is 12.8. The molecular formula is C20H14N5O2. The molecule has 4 aromatic rings.